The molecule has 3 aromatic rings. The quantitative estimate of drug-likeness (QED) is 0.539. The highest BCUT2D eigenvalue weighted by Crippen LogP contribution is 2.35. The van der Waals surface area contributed by atoms with E-state index in [0.717, 1.165) is 28.8 Å². The van der Waals surface area contributed by atoms with Crippen LogP contribution in [0.4, 0.5) is 11.8 Å². The summed E-state index contributed by atoms with van der Waals surface area (Å²) in [6.07, 6.45) is 6.28. The van der Waals surface area contributed by atoms with Crippen molar-refractivity contribution in [3.05, 3.63) is 70.4 Å². The van der Waals surface area contributed by atoms with Gasteiger partial charge in [-0.1, -0.05) is 36.4 Å². The van der Waals surface area contributed by atoms with Crippen molar-refractivity contribution in [2.75, 3.05) is 39.8 Å². The van der Waals surface area contributed by atoms with Gasteiger partial charge in [-0.15, -0.1) is 0 Å². The highest BCUT2D eigenvalue weighted by molar-refractivity contribution is 5.75. The largest absolute Gasteiger partial charge is 0.493 e. The third-order valence-corrected chi connectivity index (χ3v) is 4.81. The minimum atomic E-state index is 0.161. The predicted octanol–water partition coefficient (Wildman–Crippen LogP) is 3.48. The molecule has 0 radical (unpaired) electrons. The molecule has 1 aromatic heterocycles. The maximum Gasteiger partial charge on any atom is 0.221 e. The average molecular weight is 420 g/mol. The lowest BCUT2D eigenvalue weighted by atomic mass is 10.0. The van der Waals surface area contributed by atoms with Gasteiger partial charge in [-0.3, -0.25) is 0 Å². The maximum absolute atomic E-state index is 6.01. The van der Waals surface area contributed by atoms with E-state index >= 15 is 0 Å². The lowest BCUT2D eigenvalue weighted by Gasteiger charge is -2.14. The molecule has 0 bridgehead atoms. The van der Waals surface area contributed by atoms with E-state index in [1.807, 2.05) is 18.2 Å². The van der Waals surface area contributed by atoms with Crippen molar-refractivity contribution in [3.63, 3.8) is 0 Å². The summed E-state index contributed by atoms with van der Waals surface area (Å²) in [5.74, 6) is 1.86. The highest BCUT2D eigenvalue weighted by atomic mass is 16.5. The molecule has 0 saturated carbocycles. The standard InChI is InChI=1S/C24H29N5O2/c1-29(2)15-17-7-5-16(6-8-17)9-10-19-11-18(13-21(30-3)22(19)31-4)12-20-14-27-24(26)28-23(20)25/h5-11,13-14H,12,15H2,1-4H3,(H4,25,26,27,28). The lowest BCUT2D eigenvalue weighted by molar-refractivity contribution is 0.354. The minimum Gasteiger partial charge on any atom is -0.493 e. The molecule has 0 spiro atoms. The van der Waals surface area contributed by atoms with Crippen LogP contribution in [0.5, 0.6) is 11.5 Å². The molecule has 0 atom stereocenters. The van der Waals surface area contributed by atoms with E-state index in [-0.39, 0.29) is 5.95 Å². The number of methoxy groups -OCH3 is 2. The second kappa shape index (κ2) is 9.95. The van der Waals surface area contributed by atoms with Crippen molar-refractivity contribution in [2.45, 2.75) is 13.0 Å². The Hall–Kier alpha value is -3.58. The van der Waals surface area contributed by atoms with Crippen molar-refractivity contribution < 1.29 is 9.47 Å². The van der Waals surface area contributed by atoms with Gasteiger partial charge in [0.05, 0.1) is 14.2 Å². The van der Waals surface area contributed by atoms with Crippen LogP contribution in [0.2, 0.25) is 0 Å². The van der Waals surface area contributed by atoms with Gasteiger partial charge in [-0.2, -0.15) is 4.98 Å². The van der Waals surface area contributed by atoms with Crippen LogP contribution in [0.15, 0.2) is 42.6 Å². The van der Waals surface area contributed by atoms with Crippen LogP contribution in [0.3, 0.4) is 0 Å². The first-order valence-corrected chi connectivity index (χ1v) is 9.93. The van der Waals surface area contributed by atoms with E-state index < -0.39 is 0 Å². The van der Waals surface area contributed by atoms with Crippen molar-refractivity contribution in [2.24, 2.45) is 0 Å². The highest BCUT2D eigenvalue weighted by Gasteiger charge is 2.13. The summed E-state index contributed by atoms with van der Waals surface area (Å²) in [5, 5.41) is 0. The zero-order chi connectivity index (χ0) is 22.4. The monoisotopic (exact) mass is 419 g/mol. The summed E-state index contributed by atoms with van der Waals surface area (Å²) in [6.45, 7) is 0.912. The van der Waals surface area contributed by atoms with Gasteiger partial charge in [0.2, 0.25) is 5.95 Å². The molecular weight excluding hydrogens is 390 g/mol. The molecular formula is C24H29N5O2. The number of hydrogen-bond donors (Lipinski definition) is 2. The number of anilines is 2. The molecule has 7 nitrogen and oxygen atoms in total. The Morgan fingerprint density at radius 2 is 1.71 bits per heavy atom. The Morgan fingerprint density at radius 3 is 2.32 bits per heavy atom. The van der Waals surface area contributed by atoms with Gasteiger partial charge in [0.15, 0.2) is 11.5 Å². The fourth-order valence-corrected chi connectivity index (χ4v) is 3.35. The Kier molecular flexibility index (Phi) is 7.10. The predicted molar refractivity (Wildman–Crippen MR) is 126 cm³/mol. The Bertz CT molecular complexity index is 1060. The first-order chi connectivity index (χ1) is 14.9. The summed E-state index contributed by atoms with van der Waals surface area (Å²) in [7, 11) is 7.38. The molecule has 4 N–H and O–H groups in total. The van der Waals surface area contributed by atoms with Crippen LogP contribution >= 0.6 is 0 Å². The summed E-state index contributed by atoms with van der Waals surface area (Å²) in [5.41, 5.74) is 16.7. The number of ether oxygens (including phenoxy) is 2. The molecule has 2 aromatic carbocycles. The third kappa shape index (κ3) is 5.73. The zero-order valence-corrected chi connectivity index (χ0v) is 18.4. The van der Waals surface area contributed by atoms with E-state index in [2.05, 4.69) is 59.3 Å². The van der Waals surface area contributed by atoms with Crippen molar-refractivity contribution in [1.29, 1.82) is 0 Å². The van der Waals surface area contributed by atoms with E-state index in [4.69, 9.17) is 20.9 Å². The van der Waals surface area contributed by atoms with E-state index in [9.17, 15) is 0 Å². The van der Waals surface area contributed by atoms with Gasteiger partial charge in [0.25, 0.3) is 0 Å². The molecule has 1 heterocycles. The Morgan fingerprint density at radius 1 is 0.968 bits per heavy atom. The first kappa shape index (κ1) is 22.1. The fourth-order valence-electron chi connectivity index (χ4n) is 3.35. The topological polar surface area (TPSA) is 99.5 Å². The number of rotatable bonds is 8. The number of hydrogen-bond acceptors (Lipinski definition) is 7. The molecule has 0 fully saturated rings. The number of aromatic nitrogens is 2. The van der Waals surface area contributed by atoms with Crippen LogP contribution in [-0.4, -0.2) is 43.2 Å². The van der Waals surface area contributed by atoms with E-state index in [0.29, 0.717) is 23.7 Å². The molecule has 7 heteroatoms. The van der Waals surface area contributed by atoms with Gasteiger partial charge in [-0.25, -0.2) is 4.98 Å². The molecule has 0 unspecified atom stereocenters. The molecule has 0 aliphatic rings. The van der Waals surface area contributed by atoms with Crippen LogP contribution in [-0.2, 0) is 13.0 Å². The van der Waals surface area contributed by atoms with Gasteiger partial charge in [-0.05, 0) is 42.9 Å². The third-order valence-electron chi connectivity index (χ3n) is 4.81. The smallest absolute Gasteiger partial charge is 0.221 e. The number of benzene rings is 2. The van der Waals surface area contributed by atoms with Gasteiger partial charge in [0.1, 0.15) is 5.82 Å². The molecule has 31 heavy (non-hydrogen) atoms. The molecule has 0 aliphatic heterocycles. The summed E-state index contributed by atoms with van der Waals surface area (Å²) in [4.78, 5) is 10.2. The first-order valence-electron chi connectivity index (χ1n) is 9.93. The normalized spacial score (nSPS) is 11.3. The zero-order valence-electron chi connectivity index (χ0n) is 18.4. The SMILES string of the molecule is COc1cc(Cc2cnc(N)nc2N)cc(C=Cc2ccc(CN(C)C)cc2)c1OC. The van der Waals surface area contributed by atoms with Gasteiger partial charge >= 0.3 is 0 Å². The van der Waals surface area contributed by atoms with E-state index in [1.165, 1.54) is 5.56 Å². The van der Waals surface area contributed by atoms with Gasteiger partial charge in [0, 0.05) is 30.3 Å². The second-order valence-corrected chi connectivity index (χ2v) is 7.55. The van der Waals surface area contributed by atoms with Crippen molar-refractivity contribution >= 4 is 23.9 Å². The molecule has 162 valence electrons. The van der Waals surface area contributed by atoms with Crippen LogP contribution < -0.4 is 20.9 Å². The maximum atomic E-state index is 6.01. The summed E-state index contributed by atoms with van der Waals surface area (Å²) >= 11 is 0. The molecule has 3 rings (SSSR count). The van der Waals surface area contributed by atoms with Crippen LogP contribution in [0, 0.1) is 0 Å². The Labute approximate surface area is 183 Å². The Balaban J connectivity index is 1.90. The second-order valence-electron chi connectivity index (χ2n) is 7.55. The molecule has 0 amide bonds. The average Bonchev–Trinajstić information content (AvgIpc) is 2.74. The van der Waals surface area contributed by atoms with Gasteiger partial charge < -0.3 is 25.8 Å². The van der Waals surface area contributed by atoms with Crippen molar-refractivity contribution in [3.8, 4) is 11.5 Å². The number of nitrogens with zero attached hydrogens (tertiary/aromatic N) is 3. The van der Waals surface area contributed by atoms with Crippen LogP contribution in [0.1, 0.15) is 27.8 Å². The lowest BCUT2D eigenvalue weighted by Crippen LogP contribution is -2.10. The van der Waals surface area contributed by atoms with Crippen LogP contribution in [0.25, 0.3) is 12.2 Å². The molecule has 0 aliphatic carbocycles. The minimum absolute atomic E-state index is 0.161. The summed E-state index contributed by atoms with van der Waals surface area (Å²) in [6, 6.07) is 12.5. The number of nitrogen functional groups attached to an aromatic ring is 2. The number of nitrogens with two attached hydrogens (primary N) is 2. The fraction of sp³-hybridized carbons (Fsp3) is 0.250. The van der Waals surface area contributed by atoms with E-state index in [1.54, 1.807) is 20.4 Å². The molecule has 0 saturated heterocycles. The summed E-state index contributed by atoms with van der Waals surface area (Å²) < 4.78 is 11.2. The van der Waals surface area contributed by atoms with Crippen molar-refractivity contribution in [1.82, 2.24) is 14.9 Å².